The number of carbonyl (C=O) groups excluding carboxylic acids is 1. The second-order valence-electron chi connectivity index (χ2n) is 5.13. The number of benzene rings is 1. The monoisotopic (exact) mass is 302 g/mol. The molecule has 1 N–H and O–H groups in total. The third kappa shape index (κ3) is 4.56. The van der Waals surface area contributed by atoms with Gasteiger partial charge in [0.05, 0.1) is 12.3 Å². The summed E-state index contributed by atoms with van der Waals surface area (Å²) < 4.78 is 18.4. The third-order valence-electron chi connectivity index (χ3n) is 3.24. The Labute approximate surface area is 129 Å². The van der Waals surface area contributed by atoms with Crippen LogP contribution in [0.3, 0.4) is 0 Å². The predicted molar refractivity (Wildman–Crippen MR) is 83.6 cm³/mol. The van der Waals surface area contributed by atoms with Crippen molar-refractivity contribution in [3.63, 3.8) is 0 Å². The lowest BCUT2D eigenvalue weighted by Gasteiger charge is -2.22. The first-order chi connectivity index (χ1) is 10.6. The molecule has 1 aromatic heterocycles. The average molecular weight is 302 g/mol. The number of hydrogen-bond donors (Lipinski definition) is 1. The largest absolute Gasteiger partial charge is 0.468 e. The molecule has 0 saturated carbocycles. The van der Waals surface area contributed by atoms with Gasteiger partial charge in [0.2, 0.25) is 5.91 Å². The number of hydrogen-bond acceptors (Lipinski definition) is 3. The highest BCUT2D eigenvalue weighted by molar-refractivity contribution is 5.91. The molecule has 0 saturated heterocycles. The summed E-state index contributed by atoms with van der Waals surface area (Å²) in [5.41, 5.74) is 0.644. The topological polar surface area (TPSA) is 45.5 Å². The van der Waals surface area contributed by atoms with Crippen LogP contribution >= 0.6 is 0 Å². The van der Waals surface area contributed by atoms with Crippen molar-refractivity contribution in [1.82, 2.24) is 10.2 Å². The summed E-state index contributed by atoms with van der Waals surface area (Å²) in [6.45, 7) is 0.423. The fourth-order valence-corrected chi connectivity index (χ4v) is 2.06. The molecule has 0 spiro atoms. The molecule has 5 heteroatoms. The van der Waals surface area contributed by atoms with E-state index < -0.39 is 0 Å². The van der Waals surface area contributed by atoms with E-state index in [-0.39, 0.29) is 17.8 Å². The van der Waals surface area contributed by atoms with E-state index in [1.165, 1.54) is 18.2 Å². The van der Waals surface area contributed by atoms with Gasteiger partial charge in [0, 0.05) is 12.6 Å². The van der Waals surface area contributed by atoms with Gasteiger partial charge in [0.1, 0.15) is 11.6 Å². The van der Waals surface area contributed by atoms with Gasteiger partial charge in [0.15, 0.2) is 0 Å². The Hall–Kier alpha value is -2.40. The molecule has 4 nitrogen and oxygen atoms in total. The Morgan fingerprint density at radius 3 is 2.82 bits per heavy atom. The SMILES string of the molecule is CN(C)C(CNC(=O)/C=C/c1cccc(F)c1)c1ccco1. The van der Waals surface area contributed by atoms with Gasteiger partial charge >= 0.3 is 0 Å². The number of rotatable bonds is 6. The van der Waals surface area contributed by atoms with Crippen molar-refractivity contribution >= 4 is 12.0 Å². The fraction of sp³-hybridized carbons (Fsp3) is 0.235. The average Bonchev–Trinajstić information content (AvgIpc) is 2.99. The van der Waals surface area contributed by atoms with Crippen LogP contribution in [0.1, 0.15) is 17.4 Å². The minimum Gasteiger partial charge on any atom is -0.468 e. The maximum Gasteiger partial charge on any atom is 0.244 e. The van der Waals surface area contributed by atoms with E-state index in [2.05, 4.69) is 5.32 Å². The molecule has 1 atom stereocenters. The molecule has 0 fully saturated rings. The van der Waals surface area contributed by atoms with Gasteiger partial charge in [-0.1, -0.05) is 12.1 Å². The van der Waals surface area contributed by atoms with E-state index in [0.717, 1.165) is 5.76 Å². The molecule has 0 radical (unpaired) electrons. The Morgan fingerprint density at radius 1 is 1.36 bits per heavy atom. The number of halogens is 1. The van der Waals surface area contributed by atoms with E-state index in [0.29, 0.717) is 12.1 Å². The van der Waals surface area contributed by atoms with E-state index in [9.17, 15) is 9.18 Å². The zero-order valence-electron chi connectivity index (χ0n) is 12.6. The van der Waals surface area contributed by atoms with Crippen LogP contribution in [0, 0.1) is 5.82 Å². The van der Waals surface area contributed by atoms with Crippen LogP contribution in [0.5, 0.6) is 0 Å². The van der Waals surface area contributed by atoms with E-state index in [1.54, 1.807) is 24.5 Å². The molecule has 1 unspecified atom stereocenters. The molecule has 2 aromatic rings. The standard InChI is InChI=1S/C17H19FN2O2/c1-20(2)15(16-7-4-10-22-16)12-19-17(21)9-8-13-5-3-6-14(18)11-13/h3-11,15H,12H2,1-2H3,(H,19,21)/b9-8+. The van der Waals surface area contributed by atoms with Gasteiger partial charge in [0.25, 0.3) is 0 Å². The Kier molecular flexibility index (Phi) is 5.49. The van der Waals surface area contributed by atoms with Gasteiger partial charge in [-0.05, 0) is 50.0 Å². The highest BCUT2D eigenvalue weighted by Crippen LogP contribution is 2.17. The lowest BCUT2D eigenvalue weighted by atomic mass is 10.2. The van der Waals surface area contributed by atoms with Gasteiger partial charge in [-0.3, -0.25) is 9.69 Å². The van der Waals surface area contributed by atoms with Crippen molar-refractivity contribution in [3.05, 3.63) is 65.9 Å². The van der Waals surface area contributed by atoms with E-state index in [4.69, 9.17) is 4.42 Å². The van der Waals surface area contributed by atoms with Crippen LogP contribution in [-0.2, 0) is 4.79 Å². The first-order valence-electron chi connectivity index (χ1n) is 6.97. The molecule has 0 aliphatic carbocycles. The van der Waals surface area contributed by atoms with Crippen molar-refractivity contribution in [2.75, 3.05) is 20.6 Å². The normalized spacial score (nSPS) is 12.7. The third-order valence-corrected chi connectivity index (χ3v) is 3.24. The van der Waals surface area contributed by atoms with Crippen LogP contribution in [0.25, 0.3) is 6.08 Å². The van der Waals surface area contributed by atoms with E-state index >= 15 is 0 Å². The molecule has 0 aliphatic rings. The summed E-state index contributed by atoms with van der Waals surface area (Å²) in [5, 5.41) is 2.82. The minimum atomic E-state index is -0.326. The van der Waals surface area contributed by atoms with Crippen molar-refractivity contribution in [2.45, 2.75) is 6.04 Å². The smallest absolute Gasteiger partial charge is 0.244 e. The lowest BCUT2D eigenvalue weighted by molar-refractivity contribution is -0.116. The quantitative estimate of drug-likeness (QED) is 0.835. The zero-order chi connectivity index (χ0) is 15.9. The summed E-state index contributed by atoms with van der Waals surface area (Å²) in [6, 6.07) is 9.72. The van der Waals surface area contributed by atoms with Crippen LogP contribution < -0.4 is 5.32 Å². The molecule has 1 amide bonds. The molecule has 0 bridgehead atoms. The van der Waals surface area contributed by atoms with Crippen molar-refractivity contribution in [1.29, 1.82) is 0 Å². The molecule has 116 valence electrons. The molecule has 0 aliphatic heterocycles. The van der Waals surface area contributed by atoms with Crippen LogP contribution in [0.4, 0.5) is 4.39 Å². The highest BCUT2D eigenvalue weighted by Gasteiger charge is 2.17. The van der Waals surface area contributed by atoms with E-state index in [1.807, 2.05) is 31.1 Å². The minimum absolute atomic E-state index is 0.0403. The highest BCUT2D eigenvalue weighted by atomic mass is 19.1. The summed E-state index contributed by atoms with van der Waals surface area (Å²) in [4.78, 5) is 13.8. The summed E-state index contributed by atoms with van der Waals surface area (Å²) in [5.74, 6) is 0.232. The Balaban J connectivity index is 1.91. The molecule has 1 aromatic carbocycles. The first kappa shape index (κ1) is 16.0. The van der Waals surface area contributed by atoms with Crippen molar-refractivity contribution in [3.8, 4) is 0 Å². The number of nitrogens with one attached hydrogen (secondary N) is 1. The maximum atomic E-state index is 13.0. The van der Waals surface area contributed by atoms with Crippen LogP contribution in [-0.4, -0.2) is 31.4 Å². The Morgan fingerprint density at radius 2 is 2.18 bits per heavy atom. The second kappa shape index (κ2) is 7.56. The maximum absolute atomic E-state index is 13.0. The summed E-state index contributed by atoms with van der Waals surface area (Å²) in [6.07, 6.45) is 4.58. The number of carbonyl (C=O) groups is 1. The second-order valence-corrected chi connectivity index (χ2v) is 5.13. The molecule has 22 heavy (non-hydrogen) atoms. The fourth-order valence-electron chi connectivity index (χ4n) is 2.06. The molecular weight excluding hydrogens is 283 g/mol. The first-order valence-corrected chi connectivity index (χ1v) is 6.97. The number of amides is 1. The van der Waals surface area contributed by atoms with Gasteiger partial charge in [-0.15, -0.1) is 0 Å². The molecule has 1 heterocycles. The summed E-state index contributed by atoms with van der Waals surface area (Å²) in [7, 11) is 3.84. The zero-order valence-corrected chi connectivity index (χ0v) is 12.6. The van der Waals surface area contributed by atoms with Crippen molar-refractivity contribution in [2.24, 2.45) is 0 Å². The predicted octanol–water partition coefficient (Wildman–Crippen LogP) is 2.85. The number of nitrogens with zero attached hydrogens (tertiary/aromatic N) is 1. The molecule has 2 rings (SSSR count). The van der Waals surface area contributed by atoms with Gasteiger partial charge in [-0.25, -0.2) is 4.39 Å². The van der Waals surface area contributed by atoms with Gasteiger partial charge < -0.3 is 9.73 Å². The lowest BCUT2D eigenvalue weighted by Crippen LogP contribution is -2.33. The van der Waals surface area contributed by atoms with Crippen molar-refractivity contribution < 1.29 is 13.6 Å². The number of furan rings is 1. The molecular formula is C17H19FN2O2. The van der Waals surface area contributed by atoms with Gasteiger partial charge in [-0.2, -0.15) is 0 Å². The van der Waals surface area contributed by atoms with Crippen LogP contribution in [0.2, 0.25) is 0 Å². The Bertz CT molecular complexity index is 636. The van der Waals surface area contributed by atoms with Crippen LogP contribution in [0.15, 0.2) is 53.2 Å². The summed E-state index contributed by atoms with van der Waals surface area (Å²) >= 11 is 0. The number of likely N-dealkylation sites (N-methyl/N-ethyl adjacent to an activating group) is 1.